The van der Waals surface area contributed by atoms with Crippen LogP contribution in [0.1, 0.15) is 55.6 Å². The number of carbonyl (C=O) groups is 2. The number of hydrogen-bond donors (Lipinski definition) is 3. The number of nitrogens with two attached hydrogens (primary N) is 1. The Morgan fingerprint density at radius 1 is 1.28 bits per heavy atom. The van der Waals surface area contributed by atoms with Crippen LogP contribution in [0.2, 0.25) is 0 Å². The molecule has 0 radical (unpaired) electrons. The molecule has 0 unspecified atom stereocenters. The third-order valence-electron chi connectivity index (χ3n) is 5.53. The Morgan fingerprint density at radius 2 is 1.97 bits per heavy atom. The molecular formula is C22H29N3O4. The first-order chi connectivity index (χ1) is 13.8. The fourth-order valence-corrected chi connectivity index (χ4v) is 4.03. The Hall–Kier alpha value is -2.83. The molecule has 7 heteroatoms. The summed E-state index contributed by atoms with van der Waals surface area (Å²) < 4.78 is 6.06. The highest BCUT2D eigenvalue weighted by Crippen LogP contribution is 2.35. The normalized spacial score (nSPS) is 19.3. The van der Waals surface area contributed by atoms with Gasteiger partial charge in [0.15, 0.2) is 0 Å². The van der Waals surface area contributed by atoms with Crippen molar-refractivity contribution in [2.24, 2.45) is 11.8 Å². The fourth-order valence-electron chi connectivity index (χ4n) is 4.03. The molecule has 3 rings (SSSR count). The number of pyridine rings is 1. The van der Waals surface area contributed by atoms with Crippen molar-refractivity contribution in [3.05, 3.63) is 29.5 Å². The summed E-state index contributed by atoms with van der Waals surface area (Å²) >= 11 is 0. The largest absolute Gasteiger partial charge is 0.493 e. The molecule has 0 spiro atoms. The molecule has 0 saturated heterocycles. The van der Waals surface area contributed by atoms with Gasteiger partial charge in [0, 0.05) is 12.0 Å². The smallest absolute Gasteiger partial charge is 0.339 e. The molecule has 0 bridgehead atoms. The van der Waals surface area contributed by atoms with E-state index in [-0.39, 0.29) is 29.1 Å². The van der Waals surface area contributed by atoms with Gasteiger partial charge in [-0.2, -0.15) is 0 Å². The number of carboxylic acid groups (broad SMARTS) is 1. The summed E-state index contributed by atoms with van der Waals surface area (Å²) in [5.74, 6) is 0.0276. The number of ether oxygens (including phenoxy) is 1. The lowest BCUT2D eigenvalue weighted by Gasteiger charge is -2.28. The Bertz CT molecular complexity index is 918. The zero-order valence-corrected chi connectivity index (χ0v) is 17.2. The number of anilines is 1. The Kier molecular flexibility index (Phi) is 6.25. The highest BCUT2D eigenvalue weighted by atomic mass is 16.5. The molecule has 1 saturated carbocycles. The number of rotatable bonds is 6. The first kappa shape index (κ1) is 20.9. The zero-order chi connectivity index (χ0) is 21.1. The Balaban J connectivity index is 1.70. The van der Waals surface area contributed by atoms with Gasteiger partial charge < -0.3 is 20.9 Å². The van der Waals surface area contributed by atoms with Crippen molar-refractivity contribution < 1.29 is 19.4 Å². The monoisotopic (exact) mass is 399 g/mol. The summed E-state index contributed by atoms with van der Waals surface area (Å²) in [5, 5.41) is 13.0. The number of nitrogen functional groups attached to an aromatic ring is 1. The quantitative estimate of drug-likeness (QED) is 0.684. The van der Waals surface area contributed by atoms with Crippen molar-refractivity contribution in [1.29, 1.82) is 0 Å². The predicted molar refractivity (Wildman–Crippen MR) is 112 cm³/mol. The second-order valence-electron chi connectivity index (χ2n) is 8.13. The molecule has 1 aliphatic rings. The molecule has 29 heavy (non-hydrogen) atoms. The second-order valence-corrected chi connectivity index (χ2v) is 8.13. The van der Waals surface area contributed by atoms with Crippen molar-refractivity contribution in [2.45, 2.75) is 52.5 Å². The molecule has 1 fully saturated rings. The highest BCUT2D eigenvalue weighted by molar-refractivity contribution is 6.06. The number of aromatic nitrogens is 1. The van der Waals surface area contributed by atoms with Crippen LogP contribution < -0.4 is 15.8 Å². The van der Waals surface area contributed by atoms with Gasteiger partial charge in [-0.1, -0.05) is 6.07 Å². The number of carbonyl (C=O) groups excluding carboxylic acids is 1. The minimum atomic E-state index is -1.10. The van der Waals surface area contributed by atoms with Gasteiger partial charge in [0.2, 0.25) is 5.91 Å². The lowest BCUT2D eigenvalue weighted by Crippen LogP contribution is -2.37. The molecule has 1 heterocycles. The summed E-state index contributed by atoms with van der Waals surface area (Å²) in [5.41, 5.74) is 7.39. The van der Waals surface area contributed by atoms with Gasteiger partial charge in [-0.25, -0.2) is 4.79 Å². The molecule has 0 aliphatic heterocycles. The summed E-state index contributed by atoms with van der Waals surface area (Å²) in [4.78, 5) is 28.1. The number of benzene rings is 1. The molecule has 1 aromatic carbocycles. The third-order valence-corrected chi connectivity index (χ3v) is 5.53. The van der Waals surface area contributed by atoms with Gasteiger partial charge in [0.25, 0.3) is 0 Å². The van der Waals surface area contributed by atoms with Crippen LogP contribution in [0.3, 0.4) is 0 Å². The van der Waals surface area contributed by atoms with E-state index in [1.807, 2.05) is 19.9 Å². The van der Waals surface area contributed by atoms with Crippen LogP contribution in [0, 0.1) is 18.8 Å². The first-order valence-corrected chi connectivity index (χ1v) is 10.1. The number of aromatic carboxylic acids is 1. The molecule has 1 aliphatic carbocycles. The number of nitrogens with one attached hydrogen (secondary N) is 1. The van der Waals surface area contributed by atoms with E-state index in [4.69, 9.17) is 10.5 Å². The van der Waals surface area contributed by atoms with Gasteiger partial charge in [-0.05, 0) is 64.5 Å². The fraction of sp³-hybridized carbons (Fsp3) is 0.500. The summed E-state index contributed by atoms with van der Waals surface area (Å²) in [6.07, 6.45) is 3.56. The van der Waals surface area contributed by atoms with Crippen molar-refractivity contribution in [3.8, 4) is 5.75 Å². The minimum Gasteiger partial charge on any atom is -0.493 e. The Labute approximate surface area is 170 Å². The standard InChI is InChI=1S/C22H29N3O4/c1-12(2)24-21(26)15-9-7-14(8-10-15)11-29-17-6-4-5-16-19(17)20(23)18(22(27)28)13(3)25-16/h4-6,12,14-15H,7-11H2,1-3H3,(H2,23,25)(H,24,26)(H,27,28). The van der Waals surface area contributed by atoms with Crippen LogP contribution in [0.15, 0.2) is 18.2 Å². The first-order valence-electron chi connectivity index (χ1n) is 10.1. The minimum absolute atomic E-state index is 0.0187. The number of aryl methyl sites for hydroxylation is 1. The molecular weight excluding hydrogens is 370 g/mol. The van der Waals surface area contributed by atoms with Gasteiger partial charge >= 0.3 is 5.97 Å². The SMILES string of the molecule is Cc1nc2cccc(OCC3CCC(C(=O)NC(C)C)CC3)c2c(N)c1C(=O)O. The van der Waals surface area contributed by atoms with Gasteiger partial charge in [0.1, 0.15) is 11.3 Å². The van der Waals surface area contributed by atoms with Crippen molar-refractivity contribution in [2.75, 3.05) is 12.3 Å². The maximum absolute atomic E-state index is 12.2. The molecule has 7 nitrogen and oxygen atoms in total. The van der Waals surface area contributed by atoms with Gasteiger partial charge in [0.05, 0.1) is 28.9 Å². The molecule has 1 aromatic heterocycles. The maximum Gasteiger partial charge on any atom is 0.339 e. The topological polar surface area (TPSA) is 115 Å². The van der Waals surface area contributed by atoms with Gasteiger partial charge in [-0.15, -0.1) is 0 Å². The molecule has 1 amide bonds. The van der Waals surface area contributed by atoms with E-state index in [0.29, 0.717) is 34.9 Å². The van der Waals surface area contributed by atoms with E-state index >= 15 is 0 Å². The number of amides is 1. The number of carboxylic acids is 1. The van der Waals surface area contributed by atoms with Crippen molar-refractivity contribution >= 4 is 28.5 Å². The van der Waals surface area contributed by atoms with E-state index in [2.05, 4.69) is 10.3 Å². The van der Waals surface area contributed by atoms with Crippen LogP contribution in [-0.4, -0.2) is 34.6 Å². The third kappa shape index (κ3) is 4.60. The summed E-state index contributed by atoms with van der Waals surface area (Å²) in [7, 11) is 0. The molecule has 156 valence electrons. The van der Waals surface area contributed by atoms with Crippen LogP contribution in [0.4, 0.5) is 5.69 Å². The summed E-state index contributed by atoms with van der Waals surface area (Å²) in [6, 6.07) is 5.59. The average molecular weight is 399 g/mol. The van der Waals surface area contributed by atoms with Crippen LogP contribution in [0.25, 0.3) is 10.9 Å². The maximum atomic E-state index is 12.2. The Morgan fingerprint density at radius 3 is 2.59 bits per heavy atom. The van der Waals surface area contributed by atoms with Crippen molar-refractivity contribution in [1.82, 2.24) is 10.3 Å². The lowest BCUT2D eigenvalue weighted by molar-refractivity contribution is -0.126. The van der Waals surface area contributed by atoms with E-state index in [1.165, 1.54) is 0 Å². The number of nitrogens with zero attached hydrogens (tertiary/aromatic N) is 1. The van der Waals surface area contributed by atoms with Crippen LogP contribution in [-0.2, 0) is 4.79 Å². The van der Waals surface area contributed by atoms with E-state index in [0.717, 1.165) is 25.7 Å². The van der Waals surface area contributed by atoms with E-state index in [1.54, 1.807) is 19.1 Å². The predicted octanol–water partition coefficient (Wildman–Crippen LogP) is 3.53. The van der Waals surface area contributed by atoms with Crippen LogP contribution in [0.5, 0.6) is 5.75 Å². The number of hydrogen-bond acceptors (Lipinski definition) is 5. The average Bonchev–Trinajstić information content (AvgIpc) is 2.65. The van der Waals surface area contributed by atoms with E-state index in [9.17, 15) is 14.7 Å². The van der Waals surface area contributed by atoms with Gasteiger partial charge in [-0.3, -0.25) is 9.78 Å². The molecule has 2 aromatic rings. The van der Waals surface area contributed by atoms with Crippen LogP contribution >= 0.6 is 0 Å². The second kappa shape index (κ2) is 8.68. The van der Waals surface area contributed by atoms with Crippen molar-refractivity contribution in [3.63, 3.8) is 0 Å². The highest BCUT2D eigenvalue weighted by Gasteiger charge is 2.27. The molecule has 4 N–H and O–H groups in total. The number of fused-ring (bicyclic) bond motifs is 1. The van der Waals surface area contributed by atoms with E-state index < -0.39 is 5.97 Å². The lowest BCUT2D eigenvalue weighted by atomic mass is 9.82. The zero-order valence-electron chi connectivity index (χ0n) is 17.2. The molecule has 0 atom stereocenters. The summed E-state index contributed by atoms with van der Waals surface area (Å²) in [6.45, 7) is 6.09.